The van der Waals surface area contributed by atoms with E-state index in [9.17, 15) is 0 Å². The van der Waals surface area contributed by atoms with Crippen LogP contribution in [0.5, 0.6) is 0 Å². The summed E-state index contributed by atoms with van der Waals surface area (Å²) in [5.74, 6) is 0. The Morgan fingerprint density at radius 3 is 2.67 bits per heavy atom. The Labute approximate surface area is 134 Å². The summed E-state index contributed by atoms with van der Waals surface area (Å²) in [6.45, 7) is 5.21. The van der Waals surface area contributed by atoms with Crippen molar-refractivity contribution in [2.45, 2.75) is 19.9 Å². The number of rotatable bonds is 4. The third-order valence-electron chi connectivity index (χ3n) is 3.79. The second-order valence-corrected chi connectivity index (χ2v) is 6.50. The monoisotopic (exact) mass is 315 g/mol. The fraction of sp³-hybridized carbons (Fsp3) is 0.222. The van der Waals surface area contributed by atoms with Crippen LogP contribution in [0.4, 0.5) is 0 Å². The molecule has 0 aliphatic carbocycles. The summed E-state index contributed by atoms with van der Waals surface area (Å²) in [6, 6.07) is 15.1. The van der Waals surface area contributed by atoms with Crippen molar-refractivity contribution in [3.63, 3.8) is 0 Å². The van der Waals surface area contributed by atoms with Gasteiger partial charge in [0, 0.05) is 4.88 Å². The van der Waals surface area contributed by atoms with Crippen LogP contribution in [0.3, 0.4) is 0 Å². The smallest absolute Gasteiger partial charge is 0.0694 e. The molecule has 2 aromatic carbocycles. The van der Waals surface area contributed by atoms with Crippen molar-refractivity contribution in [1.29, 1.82) is 0 Å². The number of halogens is 1. The first-order valence-corrected chi connectivity index (χ1v) is 8.42. The van der Waals surface area contributed by atoms with E-state index >= 15 is 0 Å². The number of fused-ring (bicyclic) bond motifs is 1. The summed E-state index contributed by atoms with van der Waals surface area (Å²) in [5.41, 5.74) is 2.63. The van der Waals surface area contributed by atoms with E-state index < -0.39 is 0 Å². The van der Waals surface area contributed by atoms with Crippen LogP contribution >= 0.6 is 22.9 Å². The highest BCUT2D eigenvalue weighted by atomic mass is 35.5. The minimum absolute atomic E-state index is 0.147. The van der Waals surface area contributed by atoms with Crippen LogP contribution in [0.2, 0.25) is 5.02 Å². The van der Waals surface area contributed by atoms with Crippen molar-refractivity contribution >= 4 is 33.7 Å². The highest BCUT2D eigenvalue weighted by Gasteiger charge is 2.21. The van der Waals surface area contributed by atoms with E-state index in [0.29, 0.717) is 0 Å². The Balaban J connectivity index is 2.24. The molecule has 3 aromatic rings. The molecular formula is C18H18ClNS. The van der Waals surface area contributed by atoms with Gasteiger partial charge in [0.15, 0.2) is 0 Å². The van der Waals surface area contributed by atoms with Gasteiger partial charge in [0.1, 0.15) is 0 Å². The predicted octanol–water partition coefficient (Wildman–Crippen LogP) is 5.56. The van der Waals surface area contributed by atoms with E-state index in [4.69, 9.17) is 11.6 Å². The zero-order valence-corrected chi connectivity index (χ0v) is 13.8. The van der Waals surface area contributed by atoms with Crippen LogP contribution < -0.4 is 5.32 Å². The fourth-order valence-electron chi connectivity index (χ4n) is 2.83. The number of benzene rings is 2. The third kappa shape index (κ3) is 2.71. The van der Waals surface area contributed by atoms with Gasteiger partial charge in [-0.25, -0.2) is 0 Å². The minimum Gasteiger partial charge on any atom is -0.306 e. The lowest BCUT2D eigenvalue weighted by molar-refractivity contribution is 0.641. The van der Waals surface area contributed by atoms with Crippen molar-refractivity contribution in [2.75, 3.05) is 6.54 Å². The van der Waals surface area contributed by atoms with Crippen molar-refractivity contribution in [3.05, 3.63) is 68.9 Å². The van der Waals surface area contributed by atoms with Crippen LogP contribution in [-0.4, -0.2) is 6.54 Å². The summed E-state index contributed by atoms with van der Waals surface area (Å²) in [6.07, 6.45) is 0. The topological polar surface area (TPSA) is 12.0 Å². The van der Waals surface area contributed by atoms with Crippen LogP contribution in [-0.2, 0) is 0 Å². The molecule has 0 bridgehead atoms. The Kier molecular flexibility index (Phi) is 4.29. The summed E-state index contributed by atoms with van der Waals surface area (Å²) >= 11 is 8.11. The number of hydrogen-bond donors (Lipinski definition) is 1. The first-order chi connectivity index (χ1) is 10.2. The summed E-state index contributed by atoms with van der Waals surface area (Å²) in [7, 11) is 0. The molecule has 1 N–H and O–H groups in total. The molecule has 0 saturated carbocycles. The molecule has 1 aromatic heterocycles. The second-order valence-electron chi connectivity index (χ2n) is 5.14. The Morgan fingerprint density at radius 2 is 1.95 bits per heavy atom. The van der Waals surface area contributed by atoms with Crippen LogP contribution in [0.1, 0.15) is 29.0 Å². The molecule has 0 aliphatic heterocycles. The van der Waals surface area contributed by atoms with Gasteiger partial charge < -0.3 is 5.32 Å². The van der Waals surface area contributed by atoms with Crippen LogP contribution in [0.25, 0.3) is 10.8 Å². The summed E-state index contributed by atoms with van der Waals surface area (Å²) < 4.78 is 0. The Hall–Kier alpha value is -1.35. The molecule has 1 unspecified atom stereocenters. The molecule has 0 spiro atoms. The summed E-state index contributed by atoms with van der Waals surface area (Å²) in [4.78, 5) is 1.19. The molecule has 0 aliphatic rings. The van der Waals surface area contributed by atoms with Crippen LogP contribution in [0.15, 0.2) is 47.8 Å². The molecule has 1 nitrogen and oxygen atoms in total. The SMILES string of the molecule is CCNC(c1sccc1Cl)c1c(C)ccc2ccccc12. The molecule has 1 heterocycles. The molecule has 0 amide bonds. The molecule has 3 heteroatoms. The van der Waals surface area contributed by atoms with Crippen LogP contribution in [0, 0.1) is 6.92 Å². The number of hydrogen-bond acceptors (Lipinski definition) is 2. The maximum atomic E-state index is 6.39. The van der Waals surface area contributed by atoms with E-state index in [0.717, 1.165) is 11.6 Å². The zero-order chi connectivity index (χ0) is 14.8. The molecule has 21 heavy (non-hydrogen) atoms. The lowest BCUT2D eigenvalue weighted by atomic mass is 9.93. The number of thiophene rings is 1. The average Bonchev–Trinajstić information content (AvgIpc) is 2.91. The molecule has 1 atom stereocenters. The highest BCUT2D eigenvalue weighted by Crippen LogP contribution is 2.37. The van der Waals surface area contributed by atoms with Crippen molar-refractivity contribution in [1.82, 2.24) is 5.32 Å². The number of nitrogens with one attached hydrogen (secondary N) is 1. The lowest BCUT2D eigenvalue weighted by Crippen LogP contribution is -2.22. The van der Waals surface area contributed by atoms with Gasteiger partial charge in [-0.2, -0.15) is 0 Å². The maximum absolute atomic E-state index is 6.39. The van der Waals surface area contributed by atoms with Crippen molar-refractivity contribution in [2.24, 2.45) is 0 Å². The lowest BCUT2D eigenvalue weighted by Gasteiger charge is -2.22. The predicted molar refractivity (Wildman–Crippen MR) is 93.5 cm³/mol. The fourth-order valence-corrected chi connectivity index (χ4v) is 4.08. The second kappa shape index (κ2) is 6.18. The minimum atomic E-state index is 0.147. The van der Waals surface area contributed by atoms with E-state index in [1.54, 1.807) is 11.3 Å². The zero-order valence-electron chi connectivity index (χ0n) is 12.2. The highest BCUT2D eigenvalue weighted by molar-refractivity contribution is 7.10. The van der Waals surface area contributed by atoms with E-state index in [1.807, 2.05) is 6.07 Å². The van der Waals surface area contributed by atoms with Crippen molar-refractivity contribution < 1.29 is 0 Å². The van der Waals surface area contributed by atoms with E-state index in [1.165, 1.54) is 26.8 Å². The van der Waals surface area contributed by atoms with Gasteiger partial charge in [0.2, 0.25) is 0 Å². The standard InChI is InChI=1S/C18H18ClNS/c1-3-20-17(18-15(19)10-11-21-18)16-12(2)8-9-13-6-4-5-7-14(13)16/h4-11,17,20H,3H2,1-2H3. The molecule has 0 fully saturated rings. The quantitative estimate of drug-likeness (QED) is 0.664. The first kappa shape index (κ1) is 14.6. The third-order valence-corrected chi connectivity index (χ3v) is 5.22. The van der Waals surface area contributed by atoms with Gasteiger partial charge in [-0.1, -0.05) is 54.9 Å². The summed E-state index contributed by atoms with van der Waals surface area (Å²) in [5, 5.41) is 9.08. The normalized spacial score (nSPS) is 12.7. The average molecular weight is 316 g/mol. The van der Waals surface area contributed by atoms with Gasteiger partial charge in [-0.05, 0) is 46.8 Å². The van der Waals surface area contributed by atoms with Gasteiger partial charge in [0.05, 0.1) is 11.1 Å². The molecule has 108 valence electrons. The van der Waals surface area contributed by atoms with Gasteiger partial charge in [-0.15, -0.1) is 11.3 Å². The molecular weight excluding hydrogens is 298 g/mol. The number of aryl methyl sites for hydroxylation is 1. The molecule has 0 radical (unpaired) electrons. The first-order valence-electron chi connectivity index (χ1n) is 7.17. The Bertz CT molecular complexity index is 763. The van der Waals surface area contributed by atoms with Gasteiger partial charge in [0.25, 0.3) is 0 Å². The van der Waals surface area contributed by atoms with E-state index in [-0.39, 0.29) is 6.04 Å². The largest absolute Gasteiger partial charge is 0.306 e. The van der Waals surface area contributed by atoms with E-state index in [2.05, 4.69) is 60.9 Å². The van der Waals surface area contributed by atoms with Gasteiger partial charge >= 0.3 is 0 Å². The van der Waals surface area contributed by atoms with Gasteiger partial charge in [-0.3, -0.25) is 0 Å². The molecule has 3 rings (SSSR count). The van der Waals surface area contributed by atoms with Crippen molar-refractivity contribution in [3.8, 4) is 0 Å². The Morgan fingerprint density at radius 1 is 1.14 bits per heavy atom. The molecule has 0 saturated heterocycles. The maximum Gasteiger partial charge on any atom is 0.0694 e.